The van der Waals surface area contributed by atoms with Gasteiger partial charge in [-0.25, -0.2) is 0 Å². The molecule has 2 amide bonds. The summed E-state index contributed by atoms with van der Waals surface area (Å²) in [7, 11) is 2.13. The van der Waals surface area contributed by atoms with E-state index in [9.17, 15) is 9.59 Å². The number of primary amides is 2. The Morgan fingerprint density at radius 2 is 1.36 bits per heavy atom. The van der Waals surface area contributed by atoms with Crippen LogP contribution in [0.3, 0.4) is 0 Å². The molecular weight excluding hydrogens is 167 g/mol. The summed E-state index contributed by atoms with van der Waals surface area (Å²) in [5.74, 6) is -0.993. The van der Waals surface area contributed by atoms with Gasteiger partial charge in [0.1, 0.15) is 0 Å². The molecule has 5 N–H and O–H groups in total. The summed E-state index contributed by atoms with van der Waals surface area (Å²) in [5.41, 5.74) is 9.39. The van der Waals surface area contributed by atoms with Gasteiger partial charge in [0, 0.05) is 12.8 Å². The van der Waals surface area contributed by atoms with Gasteiger partial charge in [0.2, 0.25) is 11.8 Å². The Balaban J connectivity index is 0. The van der Waals surface area contributed by atoms with E-state index < -0.39 is 11.8 Å². The molecule has 0 saturated heterocycles. The Morgan fingerprint density at radius 3 is 1.45 bits per heavy atom. The lowest BCUT2D eigenvalue weighted by Gasteiger charge is -1.87. The molecule has 0 aliphatic carbocycles. The average molecular weight is 180 g/mol. The minimum absolute atomic E-state index is 0.0509. The second kappa shape index (κ2) is 9.33. The fourth-order valence-electron chi connectivity index (χ4n) is 0.246. The van der Waals surface area contributed by atoms with Gasteiger partial charge in [-0.05, 0) is 0 Å². The average Bonchev–Trinajstić information content (AvgIpc) is 1.85. The summed E-state index contributed by atoms with van der Waals surface area (Å²) in [4.78, 5) is 19.8. The van der Waals surface area contributed by atoms with Crippen LogP contribution in [0.15, 0.2) is 0 Å². The van der Waals surface area contributed by atoms with Gasteiger partial charge in [-0.1, -0.05) is 0 Å². The first-order valence-corrected chi connectivity index (χ1v) is 3.73. The zero-order valence-corrected chi connectivity index (χ0v) is 7.27. The largest absolute Gasteiger partial charge is 0.392 e. The molecule has 1 unspecified atom stereocenters. The molecule has 0 fully saturated rings. The van der Waals surface area contributed by atoms with Crippen molar-refractivity contribution in [3.05, 3.63) is 0 Å². The first-order chi connectivity index (χ1) is 5.04. The highest BCUT2D eigenvalue weighted by Gasteiger charge is 1.96. The van der Waals surface area contributed by atoms with Crippen molar-refractivity contribution in [2.45, 2.75) is 12.8 Å². The van der Waals surface area contributed by atoms with E-state index in [1.165, 1.54) is 0 Å². The Labute approximate surface area is 67.3 Å². The van der Waals surface area contributed by atoms with Gasteiger partial charge < -0.3 is 16.6 Å². The number of hydrogen-bond acceptors (Lipinski definition) is 3. The third-order valence-electron chi connectivity index (χ3n) is 0.618. The monoisotopic (exact) mass is 180 g/mol. The standard InChI is InChI=1S/C4H8N2O2.CH5OP/c5-3(7)1-2-4(6)8;2-1-3/h1-2H2,(H2,5,7)(H2,6,8);2H,1,3H2. The predicted octanol–water partition coefficient (Wildman–Crippen LogP) is -1.45. The van der Waals surface area contributed by atoms with Crippen LogP contribution in [0, 0.1) is 0 Å². The lowest BCUT2D eigenvalue weighted by atomic mass is 10.3. The third-order valence-corrected chi connectivity index (χ3v) is 0.618. The molecule has 0 aliphatic rings. The lowest BCUT2D eigenvalue weighted by Crippen LogP contribution is -2.16. The van der Waals surface area contributed by atoms with E-state index in [1.54, 1.807) is 0 Å². The molecule has 66 valence electrons. The molecular formula is C5H13N2O3P. The van der Waals surface area contributed by atoms with E-state index in [2.05, 4.69) is 9.24 Å². The van der Waals surface area contributed by atoms with Gasteiger partial charge in [-0.15, -0.1) is 9.24 Å². The van der Waals surface area contributed by atoms with Gasteiger partial charge in [0.25, 0.3) is 0 Å². The van der Waals surface area contributed by atoms with Crippen molar-refractivity contribution in [2.75, 3.05) is 6.35 Å². The SMILES string of the molecule is NC(=O)CCC(N)=O.OCP. The topological polar surface area (TPSA) is 106 Å². The zero-order valence-electron chi connectivity index (χ0n) is 6.12. The van der Waals surface area contributed by atoms with Crippen molar-refractivity contribution < 1.29 is 14.7 Å². The van der Waals surface area contributed by atoms with Gasteiger partial charge in [0.15, 0.2) is 0 Å². The number of nitrogens with two attached hydrogens (primary N) is 2. The van der Waals surface area contributed by atoms with Crippen molar-refractivity contribution in [2.24, 2.45) is 11.5 Å². The normalized spacial score (nSPS) is 7.82. The Bertz CT molecular complexity index is 115. The van der Waals surface area contributed by atoms with Crippen molar-refractivity contribution in [1.82, 2.24) is 0 Å². The van der Waals surface area contributed by atoms with E-state index in [0.717, 1.165) is 0 Å². The number of amides is 2. The molecule has 0 rings (SSSR count). The molecule has 0 aromatic carbocycles. The maximum absolute atomic E-state index is 9.92. The molecule has 11 heavy (non-hydrogen) atoms. The molecule has 0 aromatic heterocycles. The highest BCUT2D eigenvalue weighted by molar-refractivity contribution is 7.16. The van der Waals surface area contributed by atoms with E-state index in [-0.39, 0.29) is 19.2 Å². The lowest BCUT2D eigenvalue weighted by molar-refractivity contribution is -0.123. The van der Waals surface area contributed by atoms with Crippen LogP contribution in [-0.4, -0.2) is 23.3 Å². The van der Waals surface area contributed by atoms with E-state index in [4.69, 9.17) is 16.6 Å². The molecule has 0 heterocycles. The summed E-state index contributed by atoms with van der Waals surface area (Å²) in [6.45, 7) is 0. The molecule has 0 bridgehead atoms. The highest BCUT2D eigenvalue weighted by atomic mass is 31.0. The van der Waals surface area contributed by atoms with Crippen LogP contribution in [0.2, 0.25) is 0 Å². The molecule has 0 saturated carbocycles. The molecule has 0 aliphatic heterocycles. The summed E-state index contributed by atoms with van der Waals surface area (Å²) < 4.78 is 0. The first kappa shape index (κ1) is 13.0. The number of rotatable bonds is 3. The quantitative estimate of drug-likeness (QED) is 0.462. The molecule has 0 radical (unpaired) electrons. The number of aliphatic hydroxyl groups excluding tert-OH is 1. The number of carbonyl (C=O) groups is 2. The van der Waals surface area contributed by atoms with Gasteiger partial charge >= 0.3 is 0 Å². The molecule has 0 aromatic rings. The van der Waals surface area contributed by atoms with Crippen LogP contribution in [-0.2, 0) is 9.59 Å². The molecule has 5 nitrogen and oxygen atoms in total. The van der Waals surface area contributed by atoms with Crippen LogP contribution in [0.25, 0.3) is 0 Å². The van der Waals surface area contributed by atoms with Crippen molar-refractivity contribution in [3.8, 4) is 0 Å². The molecule has 0 spiro atoms. The second-order valence-corrected chi connectivity index (χ2v) is 1.98. The molecule has 6 heteroatoms. The summed E-state index contributed by atoms with van der Waals surface area (Å²) in [5, 5.41) is 7.53. The van der Waals surface area contributed by atoms with E-state index >= 15 is 0 Å². The van der Waals surface area contributed by atoms with Gasteiger partial charge in [0.05, 0.1) is 6.35 Å². The fourth-order valence-corrected chi connectivity index (χ4v) is 0.246. The predicted molar refractivity (Wildman–Crippen MR) is 44.4 cm³/mol. The maximum Gasteiger partial charge on any atom is 0.217 e. The van der Waals surface area contributed by atoms with Crippen LogP contribution in [0.5, 0.6) is 0 Å². The summed E-state index contributed by atoms with van der Waals surface area (Å²) in [6, 6.07) is 0. The summed E-state index contributed by atoms with van der Waals surface area (Å²) >= 11 is 0. The van der Waals surface area contributed by atoms with Crippen molar-refractivity contribution in [1.29, 1.82) is 0 Å². The first-order valence-electron chi connectivity index (χ1n) is 2.92. The second-order valence-electron chi connectivity index (χ2n) is 1.62. The van der Waals surface area contributed by atoms with Crippen LogP contribution in [0.1, 0.15) is 12.8 Å². The molecule has 1 atom stereocenters. The number of carbonyl (C=O) groups excluding carboxylic acids is 2. The minimum Gasteiger partial charge on any atom is -0.392 e. The maximum atomic E-state index is 9.92. The Morgan fingerprint density at radius 1 is 1.18 bits per heavy atom. The Hall–Kier alpha value is -0.670. The van der Waals surface area contributed by atoms with Crippen LogP contribution >= 0.6 is 9.24 Å². The number of hydrogen-bond donors (Lipinski definition) is 3. The van der Waals surface area contributed by atoms with Gasteiger partial charge in [-0.2, -0.15) is 0 Å². The zero-order chi connectivity index (χ0) is 9.28. The van der Waals surface area contributed by atoms with Crippen molar-refractivity contribution in [3.63, 3.8) is 0 Å². The van der Waals surface area contributed by atoms with Crippen molar-refractivity contribution >= 4 is 21.1 Å². The Kier molecular flexibility index (Phi) is 11.0. The minimum atomic E-state index is -0.496. The number of aliphatic hydroxyl groups is 1. The van der Waals surface area contributed by atoms with Gasteiger partial charge in [-0.3, -0.25) is 9.59 Å². The van der Waals surface area contributed by atoms with E-state index in [1.807, 2.05) is 0 Å². The van der Waals surface area contributed by atoms with E-state index in [0.29, 0.717) is 0 Å². The summed E-state index contributed by atoms with van der Waals surface area (Å²) in [6.07, 6.45) is 0.269. The van der Waals surface area contributed by atoms with Crippen LogP contribution < -0.4 is 11.5 Å². The fraction of sp³-hybridized carbons (Fsp3) is 0.600. The third kappa shape index (κ3) is 26.7. The van der Waals surface area contributed by atoms with Crippen LogP contribution in [0.4, 0.5) is 0 Å². The smallest absolute Gasteiger partial charge is 0.217 e. The highest BCUT2D eigenvalue weighted by Crippen LogP contribution is 1.82.